The van der Waals surface area contributed by atoms with Gasteiger partial charge in [0, 0.05) is 6.04 Å². The number of sulfonamides is 1. The van der Waals surface area contributed by atoms with Crippen LogP contribution in [0.25, 0.3) is 0 Å². The summed E-state index contributed by atoms with van der Waals surface area (Å²) < 4.78 is 28.0. The SMILES string of the molecule is CCc1ccc(S(=O)(=O)NC2CC3CCC2C3)cc1CO. The number of rotatable bonds is 5. The van der Waals surface area contributed by atoms with Crippen molar-refractivity contribution in [3.8, 4) is 0 Å². The molecule has 0 amide bonds. The topological polar surface area (TPSA) is 66.4 Å². The van der Waals surface area contributed by atoms with E-state index in [-0.39, 0.29) is 17.5 Å². The molecule has 0 saturated heterocycles. The van der Waals surface area contributed by atoms with Crippen molar-refractivity contribution < 1.29 is 13.5 Å². The van der Waals surface area contributed by atoms with Gasteiger partial charge in [0.05, 0.1) is 11.5 Å². The van der Waals surface area contributed by atoms with E-state index in [1.54, 1.807) is 18.2 Å². The lowest BCUT2D eigenvalue weighted by molar-refractivity contribution is 0.280. The monoisotopic (exact) mass is 309 g/mol. The minimum absolute atomic E-state index is 0.0946. The summed E-state index contributed by atoms with van der Waals surface area (Å²) in [6.45, 7) is 1.87. The van der Waals surface area contributed by atoms with Gasteiger partial charge in [-0.3, -0.25) is 0 Å². The second-order valence-corrected chi connectivity index (χ2v) is 8.06. The van der Waals surface area contributed by atoms with Crippen molar-refractivity contribution >= 4 is 10.0 Å². The summed E-state index contributed by atoms with van der Waals surface area (Å²) in [6.07, 6.45) is 5.33. The van der Waals surface area contributed by atoms with E-state index < -0.39 is 10.0 Å². The largest absolute Gasteiger partial charge is 0.392 e. The zero-order chi connectivity index (χ0) is 15.0. The summed E-state index contributed by atoms with van der Waals surface area (Å²) in [5, 5.41) is 9.39. The van der Waals surface area contributed by atoms with Crippen LogP contribution in [0.4, 0.5) is 0 Å². The first-order chi connectivity index (χ1) is 10.0. The maximum atomic E-state index is 12.5. The molecule has 3 atom stereocenters. The molecule has 2 bridgehead atoms. The highest BCUT2D eigenvalue weighted by Gasteiger charge is 2.41. The van der Waals surface area contributed by atoms with Crippen LogP contribution in [0.1, 0.15) is 43.7 Å². The van der Waals surface area contributed by atoms with Gasteiger partial charge in [-0.2, -0.15) is 0 Å². The number of aliphatic hydroxyl groups is 1. The lowest BCUT2D eigenvalue weighted by Gasteiger charge is -2.23. The summed E-state index contributed by atoms with van der Waals surface area (Å²) in [5.74, 6) is 1.22. The van der Waals surface area contributed by atoms with Crippen LogP contribution in [0.5, 0.6) is 0 Å². The van der Waals surface area contributed by atoms with Crippen molar-refractivity contribution in [3.63, 3.8) is 0 Å². The molecule has 2 saturated carbocycles. The zero-order valence-corrected chi connectivity index (χ0v) is 13.2. The van der Waals surface area contributed by atoms with Crippen LogP contribution in [0.3, 0.4) is 0 Å². The third-order valence-corrected chi connectivity index (χ3v) is 6.57. The molecule has 0 radical (unpaired) electrons. The number of hydrogen-bond donors (Lipinski definition) is 2. The highest BCUT2D eigenvalue weighted by atomic mass is 32.2. The Kier molecular flexibility index (Phi) is 4.08. The molecule has 5 heteroatoms. The average molecular weight is 309 g/mol. The Labute approximate surface area is 126 Å². The molecule has 2 aliphatic carbocycles. The van der Waals surface area contributed by atoms with E-state index in [0.29, 0.717) is 17.4 Å². The maximum absolute atomic E-state index is 12.5. The van der Waals surface area contributed by atoms with Gasteiger partial charge in [0.25, 0.3) is 0 Å². The van der Waals surface area contributed by atoms with E-state index in [0.717, 1.165) is 24.8 Å². The molecule has 3 unspecified atom stereocenters. The van der Waals surface area contributed by atoms with Gasteiger partial charge in [0.15, 0.2) is 0 Å². The van der Waals surface area contributed by atoms with Crippen molar-refractivity contribution in [1.82, 2.24) is 4.72 Å². The molecule has 2 fully saturated rings. The van der Waals surface area contributed by atoms with Crippen molar-refractivity contribution in [2.75, 3.05) is 0 Å². The summed E-state index contributed by atoms with van der Waals surface area (Å²) >= 11 is 0. The third-order valence-electron chi connectivity index (χ3n) is 5.08. The Morgan fingerprint density at radius 2 is 2.05 bits per heavy atom. The normalized spacial score (nSPS) is 28.2. The Bertz CT molecular complexity index is 626. The molecule has 2 N–H and O–H groups in total. The highest BCUT2D eigenvalue weighted by Crippen LogP contribution is 2.44. The lowest BCUT2D eigenvalue weighted by atomic mass is 9.96. The molecule has 4 nitrogen and oxygen atoms in total. The number of hydrogen-bond acceptors (Lipinski definition) is 3. The van der Waals surface area contributed by atoms with E-state index in [1.165, 1.54) is 12.8 Å². The van der Waals surface area contributed by atoms with Crippen LogP contribution in [0.2, 0.25) is 0 Å². The minimum atomic E-state index is -3.48. The van der Waals surface area contributed by atoms with Crippen LogP contribution in [-0.4, -0.2) is 19.6 Å². The van der Waals surface area contributed by atoms with E-state index in [4.69, 9.17) is 0 Å². The van der Waals surface area contributed by atoms with Crippen molar-refractivity contribution in [1.29, 1.82) is 0 Å². The Morgan fingerprint density at radius 3 is 2.62 bits per heavy atom. The summed E-state index contributed by atoms with van der Waals surface area (Å²) in [4.78, 5) is 0.270. The van der Waals surface area contributed by atoms with Gasteiger partial charge in [-0.1, -0.05) is 19.4 Å². The lowest BCUT2D eigenvalue weighted by Crippen LogP contribution is -2.38. The standard InChI is InChI=1S/C16H23NO3S/c1-2-12-5-6-15(9-14(12)10-18)21(19,20)17-16-8-11-3-4-13(16)7-11/h5-6,9,11,13,16-18H,2-4,7-8,10H2,1H3. The van der Waals surface area contributed by atoms with Gasteiger partial charge in [-0.05, 0) is 60.8 Å². The zero-order valence-electron chi connectivity index (χ0n) is 12.4. The van der Waals surface area contributed by atoms with E-state index in [1.807, 2.05) is 6.92 Å². The molecule has 116 valence electrons. The fraction of sp³-hybridized carbons (Fsp3) is 0.625. The Morgan fingerprint density at radius 1 is 1.24 bits per heavy atom. The highest BCUT2D eigenvalue weighted by molar-refractivity contribution is 7.89. The van der Waals surface area contributed by atoms with Gasteiger partial charge in [-0.15, -0.1) is 0 Å². The number of nitrogens with one attached hydrogen (secondary N) is 1. The molecule has 2 aliphatic rings. The number of aliphatic hydroxyl groups excluding tert-OH is 1. The van der Waals surface area contributed by atoms with Crippen molar-refractivity contribution in [2.24, 2.45) is 11.8 Å². The molecule has 21 heavy (non-hydrogen) atoms. The number of aryl methyl sites for hydroxylation is 1. The third kappa shape index (κ3) is 2.87. The molecular weight excluding hydrogens is 286 g/mol. The molecule has 1 aromatic rings. The van der Waals surface area contributed by atoms with Crippen molar-refractivity contribution in [2.45, 2.75) is 56.6 Å². The molecule has 0 aromatic heterocycles. The smallest absolute Gasteiger partial charge is 0.240 e. The van der Waals surface area contributed by atoms with Gasteiger partial charge in [-0.25, -0.2) is 13.1 Å². The summed E-state index contributed by atoms with van der Waals surface area (Å²) in [7, 11) is -3.48. The number of fused-ring (bicyclic) bond motifs is 2. The molecule has 0 heterocycles. The maximum Gasteiger partial charge on any atom is 0.240 e. The van der Waals surface area contributed by atoms with Crippen LogP contribution in [0.15, 0.2) is 23.1 Å². The van der Waals surface area contributed by atoms with E-state index in [2.05, 4.69) is 4.72 Å². The van der Waals surface area contributed by atoms with Crippen LogP contribution < -0.4 is 4.72 Å². The Hall–Kier alpha value is -0.910. The quantitative estimate of drug-likeness (QED) is 0.876. The van der Waals surface area contributed by atoms with E-state index >= 15 is 0 Å². The van der Waals surface area contributed by atoms with Gasteiger partial charge in [0.2, 0.25) is 10.0 Å². The first-order valence-electron chi connectivity index (χ1n) is 7.78. The average Bonchev–Trinajstić information content (AvgIpc) is 3.08. The number of benzene rings is 1. The second kappa shape index (κ2) is 5.71. The molecule has 0 spiro atoms. The second-order valence-electron chi connectivity index (χ2n) is 6.34. The summed E-state index contributed by atoms with van der Waals surface area (Å²) in [6, 6.07) is 5.15. The van der Waals surface area contributed by atoms with Gasteiger partial charge in [0.1, 0.15) is 0 Å². The predicted molar refractivity (Wildman–Crippen MR) is 81.3 cm³/mol. The predicted octanol–water partition coefficient (Wildman–Crippen LogP) is 2.21. The van der Waals surface area contributed by atoms with E-state index in [9.17, 15) is 13.5 Å². The molecule has 0 aliphatic heterocycles. The first kappa shape index (κ1) is 15.0. The van der Waals surface area contributed by atoms with Gasteiger partial charge >= 0.3 is 0 Å². The molecule has 3 rings (SSSR count). The molecule has 1 aromatic carbocycles. The fourth-order valence-electron chi connectivity index (χ4n) is 3.92. The van der Waals surface area contributed by atoms with Gasteiger partial charge < -0.3 is 5.11 Å². The molecular formula is C16H23NO3S. The Balaban J connectivity index is 1.81. The van der Waals surface area contributed by atoms with Crippen LogP contribution >= 0.6 is 0 Å². The first-order valence-corrected chi connectivity index (χ1v) is 9.26. The minimum Gasteiger partial charge on any atom is -0.392 e. The summed E-state index contributed by atoms with van der Waals surface area (Å²) in [5.41, 5.74) is 1.70. The van der Waals surface area contributed by atoms with Crippen LogP contribution in [0, 0.1) is 11.8 Å². The van der Waals surface area contributed by atoms with Crippen LogP contribution in [-0.2, 0) is 23.1 Å². The van der Waals surface area contributed by atoms with Crippen molar-refractivity contribution in [3.05, 3.63) is 29.3 Å². The fourth-order valence-corrected chi connectivity index (χ4v) is 5.29.